The highest BCUT2D eigenvalue weighted by Crippen LogP contribution is 2.28. The molecule has 0 aromatic heterocycles. The predicted molar refractivity (Wildman–Crippen MR) is 167 cm³/mol. The summed E-state index contributed by atoms with van der Waals surface area (Å²) in [5.74, 6) is -0.674. The van der Waals surface area contributed by atoms with Crippen LogP contribution in [0.15, 0.2) is 106 Å². The molecular weight excluding hydrogens is 556 g/mol. The fourth-order valence-corrected chi connectivity index (χ4v) is 5.35. The number of carbonyl (C=O) groups is 3. The van der Waals surface area contributed by atoms with Gasteiger partial charge >= 0.3 is 5.97 Å². The Kier molecular flexibility index (Phi) is 10.3. The second-order valence-corrected chi connectivity index (χ2v) is 11.0. The van der Waals surface area contributed by atoms with Crippen molar-refractivity contribution in [1.82, 2.24) is 0 Å². The number of anilines is 2. The summed E-state index contributed by atoms with van der Waals surface area (Å²) < 4.78 is 0. The van der Waals surface area contributed by atoms with Gasteiger partial charge in [0.25, 0.3) is 0 Å². The second kappa shape index (κ2) is 14.1. The third-order valence-electron chi connectivity index (χ3n) is 6.61. The van der Waals surface area contributed by atoms with Gasteiger partial charge in [-0.25, -0.2) is 4.79 Å². The van der Waals surface area contributed by atoms with Crippen molar-refractivity contribution >= 4 is 58.0 Å². The molecule has 0 fully saturated rings. The van der Waals surface area contributed by atoms with E-state index in [1.165, 1.54) is 18.7 Å². The van der Waals surface area contributed by atoms with Gasteiger partial charge in [-0.2, -0.15) is 0 Å². The van der Waals surface area contributed by atoms with Crippen LogP contribution in [0.4, 0.5) is 11.4 Å². The van der Waals surface area contributed by atoms with Crippen LogP contribution in [0.5, 0.6) is 0 Å². The number of hydrogen-bond donors (Lipinski definition) is 0. The molecule has 3 aromatic rings. The first-order valence-electron chi connectivity index (χ1n) is 13.3. The zero-order valence-electron chi connectivity index (χ0n) is 23.2. The Labute approximate surface area is 249 Å². The number of Topliss-reactive ketones (excluding diaryl/α,β-unsaturated/α-hetero) is 2. The molecular formula is C33H31ClN2O4S. The lowest BCUT2D eigenvalue weighted by molar-refractivity contribution is -0.140. The summed E-state index contributed by atoms with van der Waals surface area (Å²) in [5, 5.41) is 4.46. The van der Waals surface area contributed by atoms with E-state index in [1.807, 2.05) is 74.5 Å². The van der Waals surface area contributed by atoms with Crippen molar-refractivity contribution < 1.29 is 19.2 Å². The van der Waals surface area contributed by atoms with Gasteiger partial charge in [0.2, 0.25) is 5.78 Å². The number of ketones is 2. The molecule has 0 heterocycles. The summed E-state index contributed by atoms with van der Waals surface area (Å²) in [6.07, 6.45) is 5.86. The van der Waals surface area contributed by atoms with Crippen LogP contribution in [0.2, 0.25) is 5.02 Å². The van der Waals surface area contributed by atoms with Crippen molar-refractivity contribution in [2.75, 3.05) is 17.2 Å². The van der Waals surface area contributed by atoms with Gasteiger partial charge in [-0.05, 0) is 99.5 Å². The Morgan fingerprint density at radius 1 is 0.927 bits per heavy atom. The van der Waals surface area contributed by atoms with E-state index in [4.69, 9.17) is 16.4 Å². The lowest BCUT2D eigenvalue weighted by atomic mass is 9.92. The average Bonchev–Trinajstić information content (AvgIpc) is 2.98. The molecule has 0 aliphatic heterocycles. The van der Waals surface area contributed by atoms with Crippen molar-refractivity contribution in [3.05, 3.63) is 112 Å². The molecule has 0 saturated heterocycles. The first-order chi connectivity index (χ1) is 19.8. The monoisotopic (exact) mass is 586 g/mol. The summed E-state index contributed by atoms with van der Waals surface area (Å²) >= 11 is 7.35. The SMILES string of the molecule is CCN(c1ccc(C(=O)C2=C(C)CCC=C2)cc1)c1ccc(C(=O)/C(CSc2ccc(Cl)cc2)=N/OC(C)=O)cc1. The Morgan fingerprint density at radius 3 is 2.10 bits per heavy atom. The molecule has 0 atom stereocenters. The number of carbonyl (C=O) groups excluding carboxylic acids is 3. The lowest BCUT2D eigenvalue weighted by Crippen LogP contribution is -2.19. The Morgan fingerprint density at radius 2 is 1.54 bits per heavy atom. The van der Waals surface area contributed by atoms with Gasteiger partial charge in [0.05, 0.1) is 0 Å². The molecule has 6 nitrogen and oxygen atoms in total. The average molecular weight is 587 g/mol. The lowest BCUT2D eigenvalue weighted by Gasteiger charge is -2.24. The van der Waals surface area contributed by atoms with Crippen molar-refractivity contribution in [3.63, 3.8) is 0 Å². The van der Waals surface area contributed by atoms with Gasteiger partial charge in [-0.1, -0.05) is 34.5 Å². The van der Waals surface area contributed by atoms with Gasteiger partial charge in [-0.15, -0.1) is 11.8 Å². The first-order valence-corrected chi connectivity index (χ1v) is 14.7. The fourth-order valence-electron chi connectivity index (χ4n) is 4.40. The zero-order chi connectivity index (χ0) is 29.4. The molecule has 8 heteroatoms. The van der Waals surface area contributed by atoms with Crippen LogP contribution >= 0.6 is 23.4 Å². The Hall–Kier alpha value is -3.94. The Bertz CT molecular complexity index is 1510. The number of rotatable bonds is 11. The van der Waals surface area contributed by atoms with Gasteiger partial charge in [-0.3, -0.25) is 9.59 Å². The fraction of sp³-hybridized carbons (Fsp3) is 0.212. The highest BCUT2D eigenvalue weighted by Gasteiger charge is 2.19. The smallest absolute Gasteiger partial charge is 0.331 e. The van der Waals surface area contributed by atoms with Crippen LogP contribution in [0.1, 0.15) is 54.3 Å². The summed E-state index contributed by atoms with van der Waals surface area (Å²) in [5.41, 5.74) is 4.94. The molecule has 1 aliphatic carbocycles. The largest absolute Gasteiger partial charge is 0.342 e. The van der Waals surface area contributed by atoms with Crippen molar-refractivity contribution in [2.45, 2.75) is 38.5 Å². The molecule has 0 bridgehead atoms. The van der Waals surface area contributed by atoms with Crippen LogP contribution in [0.25, 0.3) is 0 Å². The van der Waals surface area contributed by atoms with Crippen LogP contribution < -0.4 is 4.90 Å². The standard InChI is InChI=1S/C33H31ClN2O4S/c1-4-36(27-15-9-24(10-16-27)32(38)30-8-6-5-7-22(30)2)28-17-11-25(12-18-28)33(39)31(35-40-23(3)37)21-41-29-19-13-26(34)14-20-29/h6,8-20H,4-5,7,21H2,1-3H3/b35-31+. The minimum atomic E-state index is -0.601. The minimum Gasteiger partial charge on any atom is -0.342 e. The van der Waals surface area contributed by atoms with E-state index in [0.717, 1.165) is 40.3 Å². The molecule has 0 amide bonds. The van der Waals surface area contributed by atoms with E-state index < -0.39 is 5.97 Å². The summed E-state index contributed by atoms with van der Waals surface area (Å²) in [6, 6.07) is 22.0. The first kappa shape index (κ1) is 30.0. The molecule has 0 radical (unpaired) electrons. The van der Waals surface area contributed by atoms with E-state index in [1.54, 1.807) is 24.3 Å². The molecule has 0 unspecified atom stereocenters. The van der Waals surface area contributed by atoms with E-state index in [2.05, 4.69) is 10.1 Å². The number of thioether (sulfide) groups is 1. The molecule has 4 rings (SSSR count). The molecule has 0 N–H and O–H groups in total. The normalized spacial score (nSPS) is 13.2. The maximum Gasteiger partial charge on any atom is 0.331 e. The second-order valence-electron chi connectivity index (χ2n) is 9.49. The van der Waals surface area contributed by atoms with Crippen LogP contribution in [-0.2, 0) is 9.63 Å². The van der Waals surface area contributed by atoms with E-state index in [-0.39, 0.29) is 23.0 Å². The number of hydrogen-bond acceptors (Lipinski definition) is 7. The maximum absolute atomic E-state index is 13.3. The van der Waals surface area contributed by atoms with Crippen LogP contribution in [0.3, 0.4) is 0 Å². The maximum atomic E-state index is 13.3. The van der Waals surface area contributed by atoms with Gasteiger partial charge < -0.3 is 9.74 Å². The third kappa shape index (κ3) is 7.84. The van der Waals surface area contributed by atoms with Crippen LogP contribution in [0, 0.1) is 0 Å². The van der Waals surface area contributed by atoms with E-state index >= 15 is 0 Å². The van der Waals surface area contributed by atoms with E-state index in [0.29, 0.717) is 22.7 Å². The van der Waals surface area contributed by atoms with Gasteiger partial charge in [0.1, 0.15) is 5.71 Å². The molecule has 210 valence electrons. The highest BCUT2D eigenvalue weighted by atomic mass is 35.5. The van der Waals surface area contributed by atoms with Crippen molar-refractivity contribution in [3.8, 4) is 0 Å². The predicted octanol–water partition coefficient (Wildman–Crippen LogP) is 8.24. The molecule has 3 aromatic carbocycles. The topological polar surface area (TPSA) is 76.0 Å². The van der Waals surface area contributed by atoms with E-state index in [9.17, 15) is 14.4 Å². The summed E-state index contributed by atoms with van der Waals surface area (Å²) in [4.78, 5) is 45.5. The quantitative estimate of drug-likeness (QED) is 0.0740. The van der Waals surface area contributed by atoms with Gasteiger partial charge in [0.15, 0.2) is 5.78 Å². The highest BCUT2D eigenvalue weighted by molar-refractivity contribution is 8.00. The molecule has 0 spiro atoms. The molecule has 41 heavy (non-hydrogen) atoms. The number of allylic oxidation sites excluding steroid dienone is 4. The minimum absolute atomic E-state index is 0.0383. The summed E-state index contributed by atoms with van der Waals surface area (Å²) in [6.45, 7) is 5.98. The zero-order valence-corrected chi connectivity index (χ0v) is 24.8. The third-order valence-corrected chi connectivity index (χ3v) is 7.88. The molecule has 1 aliphatic rings. The number of nitrogens with zero attached hydrogens (tertiary/aromatic N) is 2. The van der Waals surface area contributed by atoms with Crippen molar-refractivity contribution in [2.24, 2.45) is 5.16 Å². The van der Waals surface area contributed by atoms with Crippen molar-refractivity contribution in [1.29, 1.82) is 0 Å². The summed E-state index contributed by atoms with van der Waals surface area (Å²) in [7, 11) is 0. The Balaban J connectivity index is 1.49. The number of oxime groups is 1. The number of halogens is 1. The van der Waals surface area contributed by atoms with Gasteiger partial charge in [0, 0.05) is 57.2 Å². The van der Waals surface area contributed by atoms with Crippen LogP contribution in [-0.4, -0.2) is 35.5 Å². The number of benzene rings is 3. The molecule has 0 saturated carbocycles.